The summed E-state index contributed by atoms with van der Waals surface area (Å²) in [5, 5.41) is 12.7. The van der Waals surface area contributed by atoms with Crippen molar-refractivity contribution in [1.29, 1.82) is 0 Å². The van der Waals surface area contributed by atoms with Gasteiger partial charge in [0.05, 0.1) is 17.7 Å². The molecule has 1 saturated heterocycles. The van der Waals surface area contributed by atoms with E-state index in [1.54, 1.807) is 6.20 Å². The highest BCUT2D eigenvalue weighted by Gasteiger charge is 2.25. The smallest absolute Gasteiger partial charge is 0.226 e. The second-order valence-electron chi connectivity index (χ2n) is 3.60. The minimum atomic E-state index is 0. The van der Waals surface area contributed by atoms with Crippen molar-refractivity contribution in [3.8, 4) is 0 Å². The third-order valence-electron chi connectivity index (χ3n) is 2.50. The molecule has 0 aliphatic carbocycles. The van der Waals surface area contributed by atoms with E-state index in [0.29, 0.717) is 0 Å². The van der Waals surface area contributed by atoms with Gasteiger partial charge >= 0.3 is 0 Å². The lowest BCUT2D eigenvalue weighted by atomic mass is 10.0. The summed E-state index contributed by atoms with van der Waals surface area (Å²) in [4.78, 5) is 11.5. The van der Waals surface area contributed by atoms with Crippen molar-refractivity contribution in [3.63, 3.8) is 0 Å². The zero-order chi connectivity index (χ0) is 9.97. The van der Waals surface area contributed by atoms with E-state index < -0.39 is 0 Å². The Morgan fingerprint density at radius 3 is 2.87 bits per heavy atom. The number of rotatable bonds is 3. The Hall–Kier alpha value is -1.07. The van der Waals surface area contributed by atoms with Crippen LogP contribution in [0, 0.1) is 5.92 Å². The van der Waals surface area contributed by atoms with E-state index in [9.17, 15) is 4.79 Å². The molecule has 1 aromatic heterocycles. The van der Waals surface area contributed by atoms with Crippen molar-refractivity contribution in [2.24, 2.45) is 5.92 Å². The molecule has 15 heavy (non-hydrogen) atoms. The van der Waals surface area contributed by atoms with Gasteiger partial charge in [0.2, 0.25) is 5.91 Å². The molecule has 84 valence electrons. The summed E-state index contributed by atoms with van der Waals surface area (Å²) in [5.41, 5.74) is 0.936. The Balaban J connectivity index is 0.00000112. The van der Waals surface area contributed by atoms with Crippen molar-refractivity contribution in [3.05, 3.63) is 18.0 Å². The number of amides is 1. The van der Waals surface area contributed by atoms with Gasteiger partial charge in [-0.1, -0.05) is 0 Å². The quantitative estimate of drug-likeness (QED) is 0.696. The second-order valence-corrected chi connectivity index (χ2v) is 3.60. The van der Waals surface area contributed by atoms with Crippen LogP contribution in [-0.4, -0.2) is 29.2 Å². The highest BCUT2D eigenvalue weighted by atomic mass is 35.5. The fourth-order valence-electron chi connectivity index (χ4n) is 1.39. The van der Waals surface area contributed by atoms with Crippen molar-refractivity contribution >= 4 is 18.3 Å². The Morgan fingerprint density at radius 1 is 1.67 bits per heavy atom. The fourth-order valence-corrected chi connectivity index (χ4v) is 1.39. The molecule has 0 saturated carbocycles. The van der Waals surface area contributed by atoms with Gasteiger partial charge in [0.15, 0.2) is 0 Å². The lowest BCUT2D eigenvalue weighted by Gasteiger charge is -2.27. The summed E-state index contributed by atoms with van der Waals surface area (Å²) >= 11 is 0. The number of carbonyl (C=O) groups is 1. The second kappa shape index (κ2) is 5.14. The molecule has 2 heterocycles. The zero-order valence-corrected chi connectivity index (χ0v) is 9.30. The van der Waals surface area contributed by atoms with E-state index in [1.165, 1.54) is 0 Å². The molecule has 0 aromatic carbocycles. The average molecular weight is 231 g/mol. The van der Waals surface area contributed by atoms with Crippen molar-refractivity contribution in [2.75, 3.05) is 13.1 Å². The van der Waals surface area contributed by atoms with Crippen molar-refractivity contribution in [1.82, 2.24) is 20.8 Å². The number of nitrogens with one attached hydrogen (secondary N) is 3. The summed E-state index contributed by atoms with van der Waals surface area (Å²) in [5.74, 6) is 0.256. The SMILES string of the molecule is CC(NC(=O)C1CNC1)c1ccn[nH]1.Cl. The van der Waals surface area contributed by atoms with E-state index >= 15 is 0 Å². The third-order valence-corrected chi connectivity index (χ3v) is 2.50. The number of aromatic amines is 1. The van der Waals surface area contributed by atoms with Crippen molar-refractivity contribution in [2.45, 2.75) is 13.0 Å². The normalized spacial score (nSPS) is 17.4. The number of nitrogens with zero attached hydrogens (tertiary/aromatic N) is 1. The first kappa shape index (κ1) is 12.0. The standard InChI is InChI=1S/C9H14N4O.ClH/c1-6(8-2-3-11-13-8)12-9(14)7-4-10-5-7;/h2-3,6-7,10H,4-5H2,1H3,(H,11,13)(H,12,14);1H. The van der Waals surface area contributed by atoms with Crippen LogP contribution in [0.5, 0.6) is 0 Å². The molecule has 1 aliphatic rings. The number of hydrogen-bond acceptors (Lipinski definition) is 3. The summed E-state index contributed by atoms with van der Waals surface area (Å²) in [6, 6.07) is 1.87. The topological polar surface area (TPSA) is 69.8 Å². The Labute approximate surface area is 94.4 Å². The minimum Gasteiger partial charge on any atom is -0.348 e. The highest BCUT2D eigenvalue weighted by molar-refractivity contribution is 5.85. The molecule has 1 atom stereocenters. The van der Waals surface area contributed by atoms with Crippen LogP contribution in [0.2, 0.25) is 0 Å². The number of halogens is 1. The van der Waals surface area contributed by atoms with Crippen LogP contribution in [0.3, 0.4) is 0 Å². The van der Waals surface area contributed by atoms with Crippen LogP contribution in [0.1, 0.15) is 18.7 Å². The minimum absolute atomic E-state index is 0. The predicted molar refractivity (Wildman–Crippen MR) is 58.8 cm³/mol. The van der Waals surface area contributed by atoms with Crippen LogP contribution in [0.15, 0.2) is 12.3 Å². The Bertz CT molecular complexity index is 310. The van der Waals surface area contributed by atoms with E-state index in [0.717, 1.165) is 18.8 Å². The molecule has 2 rings (SSSR count). The number of hydrogen-bond donors (Lipinski definition) is 3. The molecule has 1 unspecified atom stereocenters. The van der Waals surface area contributed by atoms with Gasteiger partial charge in [-0.15, -0.1) is 12.4 Å². The van der Waals surface area contributed by atoms with Gasteiger partial charge in [0.25, 0.3) is 0 Å². The number of aromatic nitrogens is 2. The van der Waals surface area contributed by atoms with E-state index in [1.807, 2.05) is 13.0 Å². The maximum absolute atomic E-state index is 11.5. The summed E-state index contributed by atoms with van der Waals surface area (Å²) in [6.07, 6.45) is 1.68. The molecule has 6 heteroatoms. The van der Waals surface area contributed by atoms with E-state index in [4.69, 9.17) is 0 Å². The predicted octanol–water partition coefficient (Wildman–Crippen LogP) is 0.228. The Kier molecular flexibility index (Phi) is 4.11. The van der Waals surface area contributed by atoms with Gasteiger partial charge in [-0.3, -0.25) is 9.89 Å². The maximum Gasteiger partial charge on any atom is 0.226 e. The lowest BCUT2D eigenvalue weighted by molar-refractivity contribution is -0.127. The molecule has 1 amide bonds. The molecule has 1 fully saturated rings. The van der Waals surface area contributed by atoms with Crippen LogP contribution in [0.4, 0.5) is 0 Å². The molecule has 1 aliphatic heterocycles. The first-order valence-electron chi connectivity index (χ1n) is 4.77. The maximum atomic E-state index is 11.5. The van der Waals surface area contributed by atoms with Gasteiger partial charge in [0.1, 0.15) is 0 Å². The zero-order valence-electron chi connectivity index (χ0n) is 8.49. The third kappa shape index (κ3) is 2.70. The molecule has 5 nitrogen and oxygen atoms in total. The van der Waals surface area contributed by atoms with Crippen LogP contribution < -0.4 is 10.6 Å². The lowest BCUT2D eigenvalue weighted by Crippen LogP contribution is -2.51. The summed E-state index contributed by atoms with van der Waals surface area (Å²) in [6.45, 7) is 3.53. The summed E-state index contributed by atoms with van der Waals surface area (Å²) < 4.78 is 0. The fraction of sp³-hybridized carbons (Fsp3) is 0.556. The van der Waals surface area contributed by atoms with Gasteiger partial charge < -0.3 is 10.6 Å². The first-order chi connectivity index (χ1) is 6.77. The van der Waals surface area contributed by atoms with Crippen LogP contribution in [-0.2, 0) is 4.79 Å². The van der Waals surface area contributed by atoms with Crippen LogP contribution >= 0.6 is 12.4 Å². The van der Waals surface area contributed by atoms with Crippen molar-refractivity contribution < 1.29 is 4.79 Å². The molecular weight excluding hydrogens is 216 g/mol. The molecule has 3 N–H and O–H groups in total. The largest absolute Gasteiger partial charge is 0.348 e. The number of H-pyrrole nitrogens is 1. The molecule has 0 spiro atoms. The molecule has 0 bridgehead atoms. The van der Waals surface area contributed by atoms with Gasteiger partial charge in [-0.05, 0) is 13.0 Å². The molecule has 0 radical (unpaired) electrons. The Morgan fingerprint density at radius 2 is 2.40 bits per heavy atom. The number of carbonyl (C=O) groups excluding carboxylic acids is 1. The van der Waals surface area contributed by atoms with Gasteiger partial charge in [-0.2, -0.15) is 5.10 Å². The summed E-state index contributed by atoms with van der Waals surface area (Å²) in [7, 11) is 0. The molecular formula is C9H15ClN4O. The monoisotopic (exact) mass is 230 g/mol. The highest BCUT2D eigenvalue weighted by Crippen LogP contribution is 2.10. The average Bonchev–Trinajstić information content (AvgIpc) is 2.51. The molecule has 1 aromatic rings. The van der Waals surface area contributed by atoms with Crippen LogP contribution in [0.25, 0.3) is 0 Å². The van der Waals surface area contributed by atoms with E-state index in [-0.39, 0.29) is 30.3 Å². The van der Waals surface area contributed by atoms with Gasteiger partial charge in [0, 0.05) is 19.3 Å². The van der Waals surface area contributed by atoms with Gasteiger partial charge in [-0.25, -0.2) is 0 Å². The first-order valence-corrected chi connectivity index (χ1v) is 4.77. The van der Waals surface area contributed by atoms with E-state index in [2.05, 4.69) is 20.8 Å².